The highest BCUT2D eigenvalue weighted by Gasteiger charge is 2.05. The lowest BCUT2D eigenvalue weighted by Crippen LogP contribution is -2.18. The molecule has 0 amide bonds. The minimum Gasteiger partial charge on any atom is -0.488 e. The zero-order valence-electron chi connectivity index (χ0n) is 11.7. The molecule has 0 aliphatic heterocycles. The summed E-state index contributed by atoms with van der Waals surface area (Å²) in [6.07, 6.45) is 0. The second kappa shape index (κ2) is 8.48. The zero-order chi connectivity index (χ0) is 15.1. The summed E-state index contributed by atoms with van der Waals surface area (Å²) in [5, 5.41) is 5.17. The molecule has 0 radical (unpaired) electrons. The number of hydrogen-bond acceptors (Lipinski definition) is 4. The molecule has 0 unspecified atom stereocenters. The van der Waals surface area contributed by atoms with Crippen molar-refractivity contribution in [3.63, 3.8) is 0 Å². The van der Waals surface area contributed by atoms with E-state index in [0.29, 0.717) is 25.5 Å². The van der Waals surface area contributed by atoms with E-state index >= 15 is 0 Å². The third-order valence-corrected chi connectivity index (χ3v) is 4.70. The van der Waals surface area contributed by atoms with Gasteiger partial charge in [0.25, 0.3) is 0 Å². The van der Waals surface area contributed by atoms with Crippen LogP contribution in [0.1, 0.15) is 10.4 Å². The van der Waals surface area contributed by atoms with Gasteiger partial charge in [0.05, 0.1) is 11.5 Å². The summed E-state index contributed by atoms with van der Waals surface area (Å²) in [6, 6.07) is 6.73. The van der Waals surface area contributed by atoms with E-state index in [2.05, 4.69) is 21.2 Å². The number of methoxy groups -OCH3 is 1. The van der Waals surface area contributed by atoms with Gasteiger partial charge in [0.1, 0.15) is 18.2 Å². The van der Waals surface area contributed by atoms with Crippen LogP contribution in [0.4, 0.5) is 4.39 Å². The van der Waals surface area contributed by atoms with Gasteiger partial charge in [-0.3, -0.25) is 0 Å². The van der Waals surface area contributed by atoms with Crippen LogP contribution < -0.4 is 10.1 Å². The molecule has 0 atom stereocenters. The highest BCUT2D eigenvalue weighted by Crippen LogP contribution is 2.25. The van der Waals surface area contributed by atoms with Crippen LogP contribution in [0, 0.1) is 5.82 Å². The van der Waals surface area contributed by atoms with Gasteiger partial charge in [0.15, 0.2) is 0 Å². The first kappa shape index (κ1) is 16.4. The fourth-order valence-electron chi connectivity index (χ4n) is 1.79. The smallest absolute Gasteiger partial charge is 0.127 e. The molecule has 1 N–H and O–H groups in total. The summed E-state index contributed by atoms with van der Waals surface area (Å²) in [7, 11) is 1.65. The van der Waals surface area contributed by atoms with Gasteiger partial charge >= 0.3 is 0 Å². The Bertz CT molecular complexity index is 577. The van der Waals surface area contributed by atoms with E-state index in [1.54, 1.807) is 18.4 Å². The molecule has 0 spiro atoms. The van der Waals surface area contributed by atoms with Crippen LogP contribution in [-0.4, -0.2) is 20.3 Å². The summed E-state index contributed by atoms with van der Waals surface area (Å²) >= 11 is 5.06. The monoisotopic (exact) mass is 373 g/mol. The molecule has 1 aromatic carbocycles. The van der Waals surface area contributed by atoms with Crippen molar-refractivity contribution >= 4 is 27.3 Å². The number of benzene rings is 1. The Labute approximate surface area is 136 Å². The fourth-order valence-corrected chi connectivity index (χ4v) is 3.17. The van der Waals surface area contributed by atoms with E-state index < -0.39 is 0 Å². The number of halogens is 2. The third-order valence-electron chi connectivity index (χ3n) is 2.80. The van der Waals surface area contributed by atoms with Crippen molar-refractivity contribution in [2.45, 2.75) is 13.2 Å². The fraction of sp³-hybridized carbons (Fsp3) is 0.333. The van der Waals surface area contributed by atoms with Crippen molar-refractivity contribution < 1.29 is 13.9 Å². The Balaban J connectivity index is 1.93. The SMILES string of the molecule is COCCNCc1cc(F)cc(OCc2sccc2Br)c1. The molecular formula is C15H17BrFNO2S. The second-order valence-corrected chi connectivity index (χ2v) is 6.30. The van der Waals surface area contributed by atoms with Crippen LogP contribution >= 0.6 is 27.3 Å². The predicted octanol–water partition coefficient (Wildman–Crippen LogP) is 3.96. The summed E-state index contributed by atoms with van der Waals surface area (Å²) in [5.41, 5.74) is 0.853. The highest BCUT2D eigenvalue weighted by molar-refractivity contribution is 9.10. The normalized spacial score (nSPS) is 10.8. The summed E-state index contributed by atoms with van der Waals surface area (Å²) in [4.78, 5) is 1.08. The van der Waals surface area contributed by atoms with Crippen molar-refractivity contribution in [1.29, 1.82) is 0 Å². The molecule has 3 nitrogen and oxygen atoms in total. The van der Waals surface area contributed by atoms with Crippen molar-refractivity contribution in [1.82, 2.24) is 5.32 Å². The Morgan fingerprint density at radius 2 is 2.19 bits per heavy atom. The molecule has 1 aromatic heterocycles. The van der Waals surface area contributed by atoms with Gasteiger partial charge in [-0.25, -0.2) is 4.39 Å². The molecule has 0 aliphatic rings. The van der Waals surface area contributed by atoms with Gasteiger partial charge in [-0.2, -0.15) is 0 Å². The average molecular weight is 374 g/mol. The zero-order valence-corrected chi connectivity index (χ0v) is 14.1. The number of rotatable bonds is 8. The predicted molar refractivity (Wildman–Crippen MR) is 86.3 cm³/mol. The summed E-state index contributed by atoms with van der Waals surface area (Å²) in [5.74, 6) is 0.250. The number of nitrogens with one attached hydrogen (secondary N) is 1. The van der Waals surface area contributed by atoms with Gasteiger partial charge in [0, 0.05) is 30.7 Å². The average Bonchev–Trinajstić information content (AvgIpc) is 2.86. The standard InChI is InChI=1S/C15H17BrFNO2S/c1-19-4-3-18-9-11-6-12(17)8-13(7-11)20-10-15-14(16)2-5-21-15/h2,5-8,18H,3-4,9-10H2,1H3. The minimum absolute atomic E-state index is 0.290. The van der Waals surface area contributed by atoms with E-state index in [4.69, 9.17) is 9.47 Å². The van der Waals surface area contributed by atoms with Crippen LogP contribution in [0.2, 0.25) is 0 Å². The largest absolute Gasteiger partial charge is 0.488 e. The molecule has 2 aromatic rings. The lowest BCUT2D eigenvalue weighted by Gasteiger charge is -2.09. The van der Waals surface area contributed by atoms with Gasteiger partial charge in [-0.05, 0) is 45.1 Å². The molecule has 0 saturated carbocycles. The highest BCUT2D eigenvalue weighted by atomic mass is 79.9. The van der Waals surface area contributed by atoms with Gasteiger partial charge in [-0.1, -0.05) is 0 Å². The minimum atomic E-state index is -0.290. The molecule has 2 rings (SSSR count). The molecule has 0 saturated heterocycles. The Morgan fingerprint density at radius 1 is 1.33 bits per heavy atom. The molecule has 6 heteroatoms. The first-order chi connectivity index (χ1) is 10.2. The molecule has 21 heavy (non-hydrogen) atoms. The quantitative estimate of drug-likeness (QED) is 0.710. The molecule has 1 heterocycles. The summed E-state index contributed by atoms with van der Waals surface area (Å²) < 4.78 is 25.2. The van der Waals surface area contributed by atoms with Crippen LogP contribution in [0.5, 0.6) is 5.75 Å². The van der Waals surface area contributed by atoms with Crippen LogP contribution in [-0.2, 0) is 17.9 Å². The summed E-state index contributed by atoms with van der Waals surface area (Å²) in [6.45, 7) is 2.37. The Hall–Kier alpha value is -0.950. The lowest BCUT2D eigenvalue weighted by molar-refractivity contribution is 0.199. The lowest BCUT2D eigenvalue weighted by atomic mass is 10.2. The Morgan fingerprint density at radius 3 is 2.90 bits per heavy atom. The van der Waals surface area contributed by atoms with Crippen molar-refractivity contribution in [2.75, 3.05) is 20.3 Å². The van der Waals surface area contributed by atoms with Gasteiger partial charge < -0.3 is 14.8 Å². The van der Waals surface area contributed by atoms with Gasteiger partial charge in [0.2, 0.25) is 0 Å². The van der Waals surface area contributed by atoms with Gasteiger partial charge in [-0.15, -0.1) is 11.3 Å². The van der Waals surface area contributed by atoms with E-state index in [9.17, 15) is 4.39 Å². The van der Waals surface area contributed by atoms with E-state index in [1.165, 1.54) is 12.1 Å². The van der Waals surface area contributed by atoms with Crippen LogP contribution in [0.15, 0.2) is 34.1 Å². The topological polar surface area (TPSA) is 30.5 Å². The van der Waals surface area contributed by atoms with Crippen molar-refractivity contribution in [3.8, 4) is 5.75 Å². The van der Waals surface area contributed by atoms with Crippen molar-refractivity contribution in [3.05, 3.63) is 50.4 Å². The maximum atomic E-state index is 13.6. The molecule has 0 fully saturated rings. The molecule has 0 bridgehead atoms. The first-order valence-corrected chi connectivity index (χ1v) is 8.20. The third kappa shape index (κ3) is 5.39. The number of hydrogen-bond donors (Lipinski definition) is 1. The molecular weight excluding hydrogens is 357 g/mol. The molecule has 114 valence electrons. The number of ether oxygens (including phenoxy) is 2. The van der Waals surface area contributed by atoms with Crippen molar-refractivity contribution in [2.24, 2.45) is 0 Å². The van der Waals surface area contributed by atoms with E-state index in [0.717, 1.165) is 21.5 Å². The first-order valence-electron chi connectivity index (χ1n) is 6.53. The van der Waals surface area contributed by atoms with E-state index in [1.807, 2.05) is 17.5 Å². The van der Waals surface area contributed by atoms with Crippen LogP contribution in [0.25, 0.3) is 0 Å². The number of thiophene rings is 1. The maximum Gasteiger partial charge on any atom is 0.127 e. The van der Waals surface area contributed by atoms with E-state index in [-0.39, 0.29) is 5.82 Å². The van der Waals surface area contributed by atoms with Crippen LogP contribution in [0.3, 0.4) is 0 Å². The second-order valence-electron chi connectivity index (χ2n) is 4.45. The molecule has 0 aliphatic carbocycles. The maximum absolute atomic E-state index is 13.6. The Kier molecular flexibility index (Phi) is 6.63.